The van der Waals surface area contributed by atoms with E-state index in [0.717, 1.165) is 72.1 Å². The molecule has 4 nitrogen and oxygen atoms in total. The molecule has 0 bridgehead atoms. The number of aromatic nitrogens is 3. The molecule has 0 unspecified atom stereocenters. The number of nitrogens with zero attached hydrogens (tertiary/aromatic N) is 4. The van der Waals surface area contributed by atoms with Gasteiger partial charge in [-0.2, -0.15) is 5.26 Å². The molecule has 0 spiro atoms. The average Bonchev–Trinajstić information content (AvgIpc) is 3.81. The molecule has 12 aromatic carbocycles. The van der Waals surface area contributed by atoms with Gasteiger partial charge in [-0.05, 0) is 117 Å². The molecule has 342 valence electrons. The predicted octanol–water partition coefficient (Wildman–Crippen LogP) is 18.2. The van der Waals surface area contributed by atoms with Crippen molar-refractivity contribution >= 4 is 32.3 Å². The normalized spacial score (nSPS) is 11.5. The summed E-state index contributed by atoms with van der Waals surface area (Å²) < 4.78 is 0. The van der Waals surface area contributed by atoms with E-state index >= 15 is 0 Å². The maximum absolute atomic E-state index is 10.9. The van der Waals surface area contributed by atoms with E-state index in [4.69, 9.17) is 15.0 Å². The topological polar surface area (TPSA) is 62.5 Å². The molecule has 4 heteroatoms. The van der Waals surface area contributed by atoms with Crippen LogP contribution in [-0.2, 0) is 0 Å². The Morgan fingerprint density at radius 2 is 0.689 bits per heavy atom. The Morgan fingerprint density at radius 1 is 0.257 bits per heavy atom. The molecule has 0 fully saturated rings. The Hall–Kier alpha value is -10.1. The molecule has 1 aliphatic rings. The van der Waals surface area contributed by atoms with E-state index in [9.17, 15) is 5.26 Å². The highest BCUT2D eigenvalue weighted by Gasteiger charge is 2.25. The summed E-state index contributed by atoms with van der Waals surface area (Å²) in [5, 5.41) is 18.2. The summed E-state index contributed by atoms with van der Waals surface area (Å²) in [5.74, 6) is 1.74. The second kappa shape index (κ2) is 17.6. The molecule has 14 rings (SSSR count). The number of hydrogen-bond donors (Lipinski definition) is 0. The fourth-order valence-electron chi connectivity index (χ4n) is 11.4. The van der Waals surface area contributed by atoms with E-state index in [1.165, 1.54) is 54.7 Å². The summed E-state index contributed by atoms with van der Waals surface area (Å²) in [7, 11) is 0. The van der Waals surface area contributed by atoms with Crippen molar-refractivity contribution in [2.24, 2.45) is 0 Å². The standard InChI is InChI=1S/C70H42N4/c71-43-48-21-16-33-61(66(48)60-31-14-12-30-58(60)65-42-47-20-4-5-22-49(47)51-23-6-11-29-57(51)65)53-25-8-7-24-52(53)56-28-13-15-32-64(56)70-73-68(45-18-2-1-3-19-45)72-69(74-70)46-38-36-44(37-39-46)50-40-41-63-55-27-10-9-26-54(55)62-35-17-34-59(50)67(62)63/h1-42H. The third-order valence-electron chi connectivity index (χ3n) is 14.8. The number of nitriles is 1. The van der Waals surface area contributed by atoms with Crippen LogP contribution >= 0.6 is 0 Å². The molecule has 0 N–H and O–H groups in total. The zero-order valence-corrected chi connectivity index (χ0v) is 40.0. The monoisotopic (exact) mass is 938 g/mol. The molecule has 1 aliphatic carbocycles. The number of benzene rings is 12. The number of rotatable bonds is 8. The van der Waals surface area contributed by atoms with Crippen LogP contribution in [0, 0.1) is 11.3 Å². The van der Waals surface area contributed by atoms with Crippen molar-refractivity contribution in [2.45, 2.75) is 0 Å². The van der Waals surface area contributed by atoms with Crippen LogP contribution in [0.1, 0.15) is 5.56 Å². The van der Waals surface area contributed by atoms with Gasteiger partial charge >= 0.3 is 0 Å². The van der Waals surface area contributed by atoms with Gasteiger partial charge in [0.1, 0.15) is 0 Å². The Bertz CT molecular complexity index is 4400. The lowest BCUT2D eigenvalue weighted by Crippen LogP contribution is -2.01. The highest BCUT2D eigenvalue weighted by Crippen LogP contribution is 2.50. The van der Waals surface area contributed by atoms with Gasteiger partial charge in [-0.15, -0.1) is 0 Å². The van der Waals surface area contributed by atoms with Crippen molar-refractivity contribution in [3.63, 3.8) is 0 Å². The van der Waals surface area contributed by atoms with Gasteiger partial charge in [0.05, 0.1) is 11.6 Å². The van der Waals surface area contributed by atoms with E-state index < -0.39 is 0 Å². The van der Waals surface area contributed by atoms with Gasteiger partial charge in [0, 0.05) is 22.3 Å². The largest absolute Gasteiger partial charge is 0.208 e. The van der Waals surface area contributed by atoms with Crippen LogP contribution in [0.5, 0.6) is 0 Å². The summed E-state index contributed by atoms with van der Waals surface area (Å²) in [4.78, 5) is 15.7. The highest BCUT2D eigenvalue weighted by molar-refractivity contribution is 6.19. The van der Waals surface area contributed by atoms with Gasteiger partial charge in [0.25, 0.3) is 0 Å². The fourth-order valence-corrected chi connectivity index (χ4v) is 11.4. The molecular formula is C70H42N4. The van der Waals surface area contributed by atoms with Crippen LogP contribution in [0.3, 0.4) is 0 Å². The fraction of sp³-hybridized carbons (Fsp3) is 0. The zero-order valence-electron chi connectivity index (χ0n) is 40.0. The molecule has 1 heterocycles. The molecule has 0 amide bonds. The minimum Gasteiger partial charge on any atom is -0.208 e. The molecule has 74 heavy (non-hydrogen) atoms. The Balaban J connectivity index is 0.901. The smallest absolute Gasteiger partial charge is 0.164 e. The van der Waals surface area contributed by atoms with Crippen molar-refractivity contribution in [3.8, 4) is 118 Å². The summed E-state index contributed by atoms with van der Waals surface area (Å²) in [5.41, 5.74) is 18.7. The molecule has 0 saturated carbocycles. The van der Waals surface area contributed by atoms with Gasteiger partial charge in [-0.1, -0.05) is 243 Å². The van der Waals surface area contributed by atoms with Gasteiger partial charge in [0.2, 0.25) is 0 Å². The predicted molar refractivity (Wildman–Crippen MR) is 305 cm³/mol. The van der Waals surface area contributed by atoms with Gasteiger partial charge in [-0.3, -0.25) is 0 Å². The van der Waals surface area contributed by atoms with E-state index in [1.54, 1.807) is 0 Å². The molecule has 0 atom stereocenters. The minimum absolute atomic E-state index is 0.565. The quantitative estimate of drug-likeness (QED) is 0.142. The van der Waals surface area contributed by atoms with Crippen LogP contribution in [0.15, 0.2) is 255 Å². The maximum atomic E-state index is 10.9. The molecule has 0 aliphatic heterocycles. The third kappa shape index (κ3) is 7.02. The SMILES string of the molecule is N#Cc1cccc(-c2ccccc2-c2ccccc2-c2nc(-c3ccccc3)nc(-c3ccc(-c4ccc5c6c(cccc46)-c4ccccc4-5)cc3)n2)c1-c1ccccc1-c1cc2ccccc2c2ccccc12. The lowest BCUT2D eigenvalue weighted by molar-refractivity contribution is 1.07. The lowest BCUT2D eigenvalue weighted by Gasteiger charge is -2.20. The molecule has 13 aromatic rings. The molecule has 1 aromatic heterocycles. The van der Waals surface area contributed by atoms with Gasteiger partial charge < -0.3 is 0 Å². The van der Waals surface area contributed by atoms with Gasteiger partial charge in [-0.25, -0.2) is 15.0 Å². The zero-order chi connectivity index (χ0) is 49.1. The first-order chi connectivity index (χ1) is 36.7. The van der Waals surface area contributed by atoms with Crippen molar-refractivity contribution in [3.05, 3.63) is 260 Å². The van der Waals surface area contributed by atoms with Crippen LogP contribution in [-0.4, -0.2) is 15.0 Å². The van der Waals surface area contributed by atoms with Crippen molar-refractivity contribution < 1.29 is 0 Å². The third-order valence-corrected chi connectivity index (χ3v) is 14.8. The van der Waals surface area contributed by atoms with E-state index in [0.29, 0.717) is 23.0 Å². The summed E-state index contributed by atoms with van der Waals surface area (Å²) >= 11 is 0. The first-order valence-corrected chi connectivity index (χ1v) is 25.0. The Morgan fingerprint density at radius 3 is 1.38 bits per heavy atom. The average molecular weight is 939 g/mol. The molecule has 0 radical (unpaired) electrons. The summed E-state index contributed by atoms with van der Waals surface area (Å²) in [6.07, 6.45) is 0. The van der Waals surface area contributed by atoms with Gasteiger partial charge in [0.15, 0.2) is 17.5 Å². The van der Waals surface area contributed by atoms with Crippen molar-refractivity contribution in [1.82, 2.24) is 15.0 Å². The number of hydrogen-bond acceptors (Lipinski definition) is 4. The summed E-state index contributed by atoms with van der Waals surface area (Å²) in [6, 6.07) is 92.2. The minimum atomic E-state index is 0.565. The van der Waals surface area contributed by atoms with E-state index in [-0.39, 0.29) is 0 Å². The maximum Gasteiger partial charge on any atom is 0.164 e. The first-order valence-electron chi connectivity index (χ1n) is 25.0. The van der Waals surface area contributed by atoms with Crippen LogP contribution < -0.4 is 0 Å². The number of fused-ring (bicyclic) bond motifs is 6. The Labute approximate surface area is 428 Å². The van der Waals surface area contributed by atoms with E-state index in [1.807, 2.05) is 48.5 Å². The first kappa shape index (κ1) is 42.8. The van der Waals surface area contributed by atoms with Crippen LogP contribution in [0.25, 0.3) is 144 Å². The Kier molecular flexibility index (Phi) is 10.2. The van der Waals surface area contributed by atoms with Crippen LogP contribution in [0.2, 0.25) is 0 Å². The molecule has 0 saturated heterocycles. The van der Waals surface area contributed by atoms with E-state index in [2.05, 4.69) is 212 Å². The highest BCUT2D eigenvalue weighted by atomic mass is 15.0. The lowest BCUT2D eigenvalue weighted by atomic mass is 9.83. The van der Waals surface area contributed by atoms with Crippen molar-refractivity contribution in [2.75, 3.05) is 0 Å². The second-order valence-corrected chi connectivity index (χ2v) is 18.9. The second-order valence-electron chi connectivity index (χ2n) is 18.9. The van der Waals surface area contributed by atoms with Crippen LogP contribution in [0.4, 0.5) is 0 Å². The summed E-state index contributed by atoms with van der Waals surface area (Å²) in [6.45, 7) is 0. The van der Waals surface area contributed by atoms with Crippen molar-refractivity contribution in [1.29, 1.82) is 5.26 Å². The molecular weight excluding hydrogens is 897 g/mol.